The number of rotatable bonds is 11. The van der Waals surface area contributed by atoms with Crippen molar-refractivity contribution >= 4 is 53.9 Å². The van der Waals surface area contributed by atoms with Crippen molar-refractivity contribution < 1.29 is 24.0 Å². The van der Waals surface area contributed by atoms with Crippen LogP contribution in [-0.4, -0.2) is 83.4 Å². The van der Waals surface area contributed by atoms with Gasteiger partial charge in [-0.2, -0.15) is 24.4 Å². The number of carbonyl (C=O) groups is 5. The van der Waals surface area contributed by atoms with Gasteiger partial charge in [0.1, 0.15) is 18.1 Å². The van der Waals surface area contributed by atoms with E-state index in [1.54, 1.807) is 11.8 Å². The maximum atomic E-state index is 12.9. The lowest BCUT2D eigenvalue weighted by molar-refractivity contribution is -0.142. The lowest BCUT2D eigenvalue weighted by atomic mass is 10.1. The van der Waals surface area contributed by atoms with E-state index < -0.39 is 35.8 Å². The Morgan fingerprint density at radius 1 is 1.21 bits per heavy atom. The molecule has 1 rings (SSSR count). The first-order valence-corrected chi connectivity index (χ1v) is 11.3. The Morgan fingerprint density at radius 3 is 2.45 bits per heavy atom. The van der Waals surface area contributed by atoms with Crippen molar-refractivity contribution in [1.29, 1.82) is 0 Å². The monoisotopic (exact) mass is 447 g/mol. The number of amides is 5. The van der Waals surface area contributed by atoms with Crippen molar-refractivity contribution in [3.63, 3.8) is 0 Å². The number of nitrogens with two attached hydrogens (primary N) is 1. The number of nitrogens with zero attached hydrogens (tertiary/aromatic N) is 1. The van der Waals surface area contributed by atoms with Gasteiger partial charge in [0.2, 0.25) is 29.5 Å². The van der Waals surface area contributed by atoms with Gasteiger partial charge in [-0.25, -0.2) is 0 Å². The predicted octanol–water partition coefficient (Wildman–Crippen LogP) is -1.75. The molecule has 1 aliphatic rings. The number of carbonyl (C=O) groups excluding carboxylic acids is 5. The highest BCUT2D eigenvalue weighted by Crippen LogP contribution is 2.20. The molecular formula is C17H29N5O5S2. The second-order valence-electron chi connectivity index (χ2n) is 6.65. The molecule has 0 aromatic heterocycles. The first-order valence-electron chi connectivity index (χ1n) is 9.25. The summed E-state index contributed by atoms with van der Waals surface area (Å²) in [5, 5.41) is 7.55. The molecule has 0 spiro atoms. The molecule has 1 heterocycles. The van der Waals surface area contributed by atoms with Gasteiger partial charge < -0.3 is 26.6 Å². The number of thiol groups is 1. The van der Waals surface area contributed by atoms with Gasteiger partial charge in [0.15, 0.2) is 0 Å². The van der Waals surface area contributed by atoms with E-state index in [1.807, 2.05) is 6.26 Å². The molecule has 10 nitrogen and oxygen atoms in total. The van der Waals surface area contributed by atoms with Crippen LogP contribution < -0.4 is 21.7 Å². The zero-order chi connectivity index (χ0) is 22.0. The summed E-state index contributed by atoms with van der Waals surface area (Å²) in [4.78, 5) is 61.5. The molecule has 5 amide bonds. The summed E-state index contributed by atoms with van der Waals surface area (Å²) in [5.41, 5.74) is 5.00. The van der Waals surface area contributed by atoms with Crippen LogP contribution in [0.5, 0.6) is 0 Å². The van der Waals surface area contributed by atoms with Gasteiger partial charge in [-0.1, -0.05) is 0 Å². The summed E-state index contributed by atoms with van der Waals surface area (Å²) in [6.07, 6.45) is 3.45. The largest absolute Gasteiger partial charge is 0.368 e. The first kappa shape index (κ1) is 25.1. The maximum Gasteiger partial charge on any atom is 0.245 e. The summed E-state index contributed by atoms with van der Waals surface area (Å²) < 4.78 is 0. The molecule has 0 aromatic carbocycles. The third-order valence-corrected chi connectivity index (χ3v) is 5.39. The minimum Gasteiger partial charge on any atom is -0.368 e. The Kier molecular flexibility index (Phi) is 10.9. The Bertz CT molecular complexity index is 633. The number of hydrogen-bond acceptors (Lipinski definition) is 7. The summed E-state index contributed by atoms with van der Waals surface area (Å²) in [5.74, 6) is -1.69. The maximum absolute atomic E-state index is 12.9. The van der Waals surface area contributed by atoms with Gasteiger partial charge in [0, 0.05) is 19.2 Å². The Morgan fingerprint density at radius 2 is 1.90 bits per heavy atom. The van der Waals surface area contributed by atoms with Crippen molar-refractivity contribution in [2.75, 3.05) is 30.9 Å². The Labute approximate surface area is 179 Å². The second kappa shape index (κ2) is 12.6. The summed E-state index contributed by atoms with van der Waals surface area (Å²) in [6, 6.07) is -2.40. The molecule has 0 aliphatic carbocycles. The van der Waals surface area contributed by atoms with Gasteiger partial charge in [-0.05, 0) is 31.3 Å². The molecule has 1 fully saturated rings. The Hall–Kier alpha value is -1.95. The topological polar surface area (TPSA) is 151 Å². The van der Waals surface area contributed by atoms with E-state index in [-0.39, 0.29) is 24.1 Å². The molecular weight excluding hydrogens is 418 g/mol. The zero-order valence-corrected chi connectivity index (χ0v) is 18.3. The number of thioether (sulfide) groups is 1. The highest BCUT2D eigenvalue weighted by molar-refractivity contribution is 7.98. The van der Waals surface area contributed by atoms with Crippen molar-refractivity contribution in [2.24, 2.45) is 5.73 Å². The molecule has 1 saturated heterocycles. The van der Waals surface area contributed by atoms with E-state index in [4.69, 9.17) is 5.73 Å². The minimum atomic E-state index is -0.967. The summed E-state index contributed by atoms with van der Waals surface area (Å²) >= 11 is 5.62. The minimum absolute atomic E-state index is 0.0131. The van der Waals surface area contributed by atoms with Gasteiger partial charge in [0.05, 0.1) is 6.54 Å². The van der Waals surface area contributed by atoms with Crippen LogP contribution >= 0.6 is 24.4 Å². The van der Waals surface area contributed by atoms with Gasteiger partial charge in [-0.3, -0.25) is 24.0 Å². The molecule has 1 aliphatic heterocycles. The van der Waals surface area contributed by atoms with Crippen molar-refractivity contribution in [3.8, 4) is 0 Å². The highest BCUT2D eigenvalue weighted by Gasteiger charge is 2.38. The van der Waals surface area contributed by atoms with Crippen LogP contribution in [0.4, 0.5) is 0 Å². The predicted molar refractivity (Wildman–Crippen MR) is 113 cm³/mol. The number of primary amides is 1. The molecule has 164 valence electrons. The fourth-order valence-electron chi connectivity index (χ4n) is 3.00. The van der Waals surface area contributed by atoms with E-state index in [9.17, 15) is 24.0 Å². The van der Waals surface area contributed by atoms with Gasteiger partial charge >= 0.3 is 0 Å². The third-order valence-electron chi connectivity index (χ3n) is 4.38. The molecule has 3 atom stereocenters. The average Bonchev–Trinajstić information content (AvgIpc) is 3.16. The van der Waals surface area contributed by atoms with Crippen LogP contribution in [-0.2, 0) is 24.0 Å². The zero-order valence-electron chi connectivity index (χ0n) is 16.6. The van der Waals surface area contributed by atoms with Crippen LogP contribution in [0, 0.1) is 0 Å². The molecule has 29 heavy (non-hydrogen) atoms. The molecule has 12 heteroatoms. The normalized spacial score (nSPS) is 17.9. The van der Waals surface area contributed by atoms with E-state index in [1.165, 1.54) is 11.8 Å². The molecule has 0 unspecified atom stereocenters. The number of nitrogens with one attached hydrogen (secondary N) is 3. The first-order chi connectivity index (χ1) is 13.7. The molecule has 0 aromatic rings. The van der Waals surface area contributed by atoms with E-state index in [0.29, 0.717) is 31.6 Å². The van der Waals surface area contributed by atoms with Gasteiger partial charge in [0.25, 0.3) is 0 Å². The van der Waals surface area contributed by atoms with E-state index in [2.05, 4.69) is 28.6 Å². The molecule has 0 bridgehead atoms. The average molecular weight is 448 g/mol. The fourth-order valence-corrected chi connectivity index (χ4v) is 3.73. The summed E-state index contributed by atoms with van der Waals surface area (Å²) in [6.45, 7) is 1.39. The summed E-state index contributed by atoms with van der Waals surface area (Å²) in [7, 11) is 0. The molecule has 0 radical (unpaired) electrons. The van der Waals surface area contributed by atoms with Crippen LogP contribution in [0.3, 0.4) is 0 Å². The van der Waals surface area contributed by atoms with Crippen LogP contribution in [0.2, 0.25) is 0 Å². The Balaban J connectivity index is 2.80. The highest BCUT2D eigenvalue weighted by atomic mass is 32.2. The quantitative estimate of drug-likeness (QED) is 0.237. The molecule has 0 saturated carbocycles. The number of likely N-dealkylation sites (tertiary alicyclic amines) is 1. The van der Waals surface area contributed by atoms with Crippen LogP contribution in [0.15, 0.2) is 0 Å². The van der Waals surface area contributed by atoms with Crippen molar-refractivity contribution in [3.05, 3.63) is 0 Å². The van der Waals surface area contributed by atoms with E-state index in [0.717, 1.165) is 0 Å². The van der Waals surface area contributed by atoms with E-state index >= 15 is 0 Å². The van der Waals surface area contributed by atoms with Crippen molar-refractivity contribution in [2.45, 2.75) is 44.3 Å². The van der Waals surface area contributed by atoms with Crippen LogP contribution in [0.25, 0.3) is 0 Å². The molecule has 5 N–H and O–H groups in total. The SMILES string of the molecule is CSCC[C@H](NC(C)=O)C(=O)N1CCC[C@H]1C(=O)N[C@@H](CS)C(=O)NCC(N)=O. The lowest BCUT2D eigenvalue weighted by Gasteiger charge is -2.29. The van der Waals surface area contributed by atoms with Gasteiger partial charge in [-0.15, -0.1) is 0 Å². The smallest absolute Gasteiger partial charge is 0.245 e. The number of hydrogen-bond donors (Lipinski definition) is 5. The van der Waals surface area contributed by atoms with Crippen molar-refractivity contribution in [1.82, 2.24) is 20.9 Å². The van der Waals surface area contributed by atoms with Crippen LogP contribution in [0.1, 0.15) is 26.2 Å². The third kappa shape index (κ3) is 8.13. The standard InChI is InChI=1S/C17H29N5O5S2/c1-10(23)20-11(5-7-29-2)17(27)22-6-3-4-13(22)16(26)21-12(9-28)15(25)19-8-14(18)24/h11-13,28H,3-9H2,1-2H3,(H2,18,24)(H,19,25)(H,20,23)(H,21,26)/t11-,12-,13-/m0/s1. The lowest BCUT2D eigenvalue weighted by Crippen LogP contribution is -2.57. The fraction of sp³-hybridized carbons (Fsp3) is 0.706. The second-order valence-corrected chi connectivity index (χ2v) is 8.00.